The molecule has 6 nitrogen and oxygen atoms in total. The standard InChI is InChI=1S/C17H18ClNO5S/c1-10(2)24-17(21)13-9-11(7-8-14(13)18)19-16(20)12-5-3-4-6-15(12)25(19,22)23/h7-10H,3-6H2,1-2H3. The van der Waals surface area contributed by atoms with Crippen LogP contribution in [0.15, 0.2) is 28.7 Å². The highest BCUT2D eigenvalue weighted by atomic mass is 35.5. The van der Waals surface area contributed by atoms with E-state index in [1.165, 1.54) is 18.2 Å². The lowest BCUT2D eigenvalue weighted by Gasteiger charge is -2.18. The van der Waals surface area contributed by atoms with E-state index >= 15 is 0 Å². The summed E-state index contributed by atoms with van der Waals surface area (Å²) in [5.41, 5.74) is 0.479. The lowest BCUT2D eigenvalue weighted by Crippen LogP contribution is -2.31. The SMILES string of the molecule is CC(C)OC(=O)c1cc(N2C(=O)C3=C(CCCC3)S2(=O)=O)ccc1Cl. The van der Waals surface area contributed by atoms with Gasteiger partial charge in [-0.2, -0.15) is 4.31 Å². The maximum atomic E-state index is 12.8. The van der Waals surface area contributed by atoms with Crippen molar-refractivity contribution in [2.75, 3.05) is 4.31 Å². The van der Waals surface area contributed by atoms with Crippen molar-refractivity contribution in [2.45, 2.75) is 45.6 Å². The molecular formula is C17H18ClNO5S. The second-order valence-corrected chi connectivity index (χ2v) is 8.52. The van der Waals surface area contributed by atoms with Crippen molar-refractivity contribution in [1.29, 1.82) is 0 Å². The molecule has 1 amide bonds. The fraction of sp³-hybridized carbons (Fsp3) is 0.412. The third-order valence-electron chi connectivity index (χ3n) is 4.16. The Bertz CT molecular complexity index is 888. The van der Waals surface area contributed by atoms with Gasteiger partial charge in [0.15, 0.2) is 0 Å². The third kappa shape index (κ3) is 3.06. The van der Waals surface area contributed by atoms with Crippen molar-refractivity contribution in [1.82, 2.24) is 0 Å². The van der Waals surface area contributed by atoms with Crippen molar-refractivity contribution in [3.05, 3.63) is 39.3 Å². The summed E-state index contributed by atoms with van der Waals surface area (Å²) in [7, 11) is -3.90. The number of halogens is 1. The zero-order valence-corrected chi connectivity index (χ0v) is 15.5. The number of amides is 1. The molecule has 0 unspecified atom stereocenters. The minimum atomic E-state index is -3.90. The summed E-state index contributed by atoms with van der Waals surface area (Å²) >= 11 is 6.05. The number of ether oxygens (including phenoxy) is 1. The first kappa shape index (κ1) is 17.9. The summed E-state index contributed by atoms with van der Waals surface area (Å²) in [4.78, 5) is 25.0. The maximum Gasteiger partial charge on any atom is 0.339 e. The van der Waals surface area contributed by atoms with Gasteiger partial charge in [0.05, 0.1) is 27.3 Å². The van der Waals surface area contributed by atoms with Gasteiger partial charge in [-0.3, -0.25) is 4.79 Å². The molecule has 1 aromatic rings. The van der Waals surface area contributed by atoms with Gasteiger partial charge in [-0.25, -0.2) is 13.2 Å². The molecule has 1 aromatic carbocycles. The van der Waals surface area contributed by atoms with Crippen LogP contribution in [-0.2, 0) is 19.6 Å². The highest BCUT2D eigenvalue weighted by molar-refractivity contribution is 7.98. The smallest absolute Gasteiger partial charge is 0.339 e. The normalized spacial score (nSPS) is 19.4. The first-order chi connectivity index (χ1) is 11.7. The minimum absolute atomic E-state index is 0.0285. The van der Waals surface area contributed by atoms with Crippen LogP contribution < -0.4 is 4.31 Å². The van der Waals surface area contributed by atoms with Gasteiger partial charge in [0.2, 0.25) is 0 Å². The summed E-state index contributed by atoms with van der Waals surface area (Å²) in [6.45, 7) is 3.39. The number of rotatable bonds is 3. The second kappa shape index (κ2) is 6.46. The molecule has 25 heavy (non-hydrogen) atoms. The first-order valence-electron chi connectivity index (χ1n) is 8.05. The molecule has 1 aliphatic heterocycles. The molecule has 8 heteroatoms. The number of nitrogens with zero attached hydrogens (tertiary/aromatic N) is 1. The Kier molecular flexibility index (Phi) is 4.64. The molecule has 0 fully saturated rings. The lowest BCUT2D eigenvalue weighted by molar-refractivity contribution is -0.114. The largest absolute Gasteiger partial charge is 0.459 e. The van der Waals surface area contributed by atoms with E-state index in [2.05, 4.69) is 0 Å². The van der Waals surface area contributed by atoms with E-state index in [-0.39, 0.29) is 27.3 Å². The zero-order valence-electron chi connectivity index (χ0n) is 13.9. The summed E-state index contributed by atoms with van der Waals surface area (Å²) in [5.74, 6) is -1.20. The fourth-order valence-corrected chi connectivity index (χ4v) is 5.10. The number of sulfonamides is 1. The van der Waals surface area contributed by atoms with Crippen LogP contribution in [-0.4, -0.2) is 26.4 Å². The van der Waals surface area contributed by atoms with E-state index in [0.717, 1.165) is 17.1 Å². The molecule has 0 spiro atoms. The molecule has 0 saturated carbocycles. The van der Waals surface area contributed by atoms with E-state index in [0.29, 0.717) is 18.4 Å². The van der Waals surface area contributed by atoms with Crippen molar-refractivity contribution >= 4 is 39.2 Å². The van der Waals surface area contributed by atoms with Crippen LogP contribution in [0.4, 0.5) is 5.69 Å². The average molecular weight is 384 g/mol. The number of anilines is 1. The van der Waals surface area contributed by atoms with E-state index in [1.54, 1.807) is 13.8 Å². The predicted molar refractivity (Wildman–Crippen MR) is 93.9 cm³/mol. The topological polar surface area (TPSA) is 80.8 Å². The van der Waals surface area contributed by atoms with Crippen LogP contribution in [0, 0.1) is 0 Å². The van der Waals surface area contributed by atoms with Crippen LogP contribution in [0.1, 0.15) is 49.9 Å². The highest BCUT2D eigenvalue weighted by Crippen LogP contribution is 2.41. The van der Waals surface area contributed by atoms with Gasteiger partial charge in [-0.15, -0.1) is 0 Å². The van der Waals surface area contributed by atoms with Crippen molar-refractivity contribution in [3.8, 4) is 0 Å². The van der Waals surface area contributed by atoms with Gasteiger partial charge in [-0.05, 0) is 57.7 Å². The van der Waals surface area contributed by atoms with Gasteiger partial charge in [0.1, 0.15) is 0 Å². The first-order valence-corrected chi connectivity index (χ1v) is 9.87. The average Bonchev–Trinajstić information content (AvgIpc) is 2.75. The van der Waals surface area contributed by atoms with Crippen LogP contribution >= 0.6 is 11.6 Å². The van der Waals surface area contributed by atoms with E-state index in [1.807, 2.05) is 0 Å². The monoisotopic (exact) mass is 383 g/mol. The number of esters is 1. The van der Waals surface area contributed by atoms with Crippen LogP contribution in [0.5, 0.6) is 0 Å². The Morgan fingerprint density at radius 1 is 1.24 bits per heavy atom. The quantitative estimate of drug-likeness (QED) is 0.747. The van der Waals surface area contributed by atoms with Crippen molar-refractivity contribution in [2.24, 2.45) is 0 Å². The molecule has 0 bridgehead atoms. The summed E-state index contributed by atoms with van der Waals surface area (Å²) in [6, 6.07) is 4.11. The van der Waals surface area contributed by atoms with Crippen molar-refractivity contribution < 1.29 is 22.7 Å². The van der Waals surface area contributed by atoms with Gasteiger partial charge in [0, 0.05) is 5.57 Å². The van der Waals surface area contributed by atoms with Gasteiger partial charge in [-0.1, -0.05) is 11.6 Å². The maximum absolute atomic E-state index is 12.8. The number of hydrogen-bond acceptors (Lipinski definition) is 5. The molecule has 3 rings (SSSR count). The summed E-state index contributed by atoms with van der Waals surface area (Å²) < 4.78 is 31.5. The molecule has 0 radical (unpaired) electrons. The Labute approximate surface area is 151 Å². The predicted octanol–water partition coefficient (Wildman–Crippen LogP) is 3.41. The number of allylic oxidation sites excluding steroid dienone is 1. The number of carbonyl (C=O) groups excluding carboxylic acids is 2. The Balaban J connectivity index is 2.03. The van der Waals surface area contributed by atoms with Gasteiger partial charge in [0.25, 0.3) is 15.9 Å². The molecule has 0 N–H and O–H groups in total. The molecule has 1 aliphatic carbocycles. The zero-order chi connectivity index (χ0) is 18.4. The van der Waals surface area contributed by atoms with Gasteiger partial charge < -0.3 is 4.74 Å². The van der Waals surface area contributed by atoms with Crippen LogP contribution in [0.3, 0.4) is 0 Å². The Morgan fingerprint density at radius 2 is 1.92 bits per heavy atom. The molecule has 1 heterocycles. The molecule has 0 atom stereocenters. The molecule has 134 valence electrons. The highest BCUT2D eigenvalue weighted by Gasteiger charge is 2.45. The summed E-state index contributed by atoms with van der Waals surface area (Å²) in [6.07, 6.45) is 2.01. The second-order valence-electron chi connectivity index (χ2n) is 6.30. The van der Waals surface area contributed by atoms with Gasteiger partial charge >= 0.3 is 5.97 Å². The van der Waals surface area contributed by atoms with E-state index in [9.17, 15) is 18.0 Å². The number of benzene rings is 1. The van der Waals surface area contributed by atoms with Crippen molar-refractivity contribution in [3.63, 3.8) is 0 Å². The number of carbonyl (C=O) groups is 2. The third-order valence-corrected chi connectivity index (χ3v) is 6.42. The molecule has 0 aromatic heterocycles. The molecule has 0 saturated heterocycles. The van der Waals surface area contributed by atoms with Crippen LogP contribution in [0.2, 0.25) is 5.02 Å². The van der Waals surface area contributed by atoms with Crippen LogP contribution in [0.25, 0.3) is 0 Å². The Hall–Kier alpha value is -1.86. The Morgan fingerprint density at radius 3 is 2.56 bits per heavy atom. The minimum Gasteiger partial charge on any atom is -0.459 e. The molecular weight excluding hydrogens is 366 g/mol. The van der Waals surface area contributed by atoms with E-state index < -0.39 is 21.9 Å². The fourth-order valence-electron chi connectivity index (χ4n) is 3.06. The van der Waals surface area contributed by atoms with E-state index in [4.69, 9.17) is 16.3 Å². The number of hydrogen-bond donors (Lipinski definition) is 0. The molecule has 2 aliphatic rings. The summed E-state index contributed by atoms with van der Waals surface area (Å²) in [5, 5.41) is 0.135. The lowest BCUT2D eigenvalue weighted by atomic mass is 9.99.